The molecule has 0 bridgehead atoms. The molecule has 1 rings (SSSR count). The van der Waals surface area contributed by atoms with Crippen molar-refractivity contribution in [1.29, 1.82) is 0 Å². The predicted molar refractivity (Wildman–Crippen MR) is 75.4 cm³/mol. The fraction of sp³-hybridized carbons (Fsp3) is 0.600. The van der Waals surface area contributed by atoms with Crippen molar-refractivity contribution >= 4 is 0 Å². The molecular weight excluding hydrogens is 226 g/mol. The molecule has 2 unspecified atom stereocenters. The lowest BCUT2D eigenvalue weighted by Gasteiger charge is -2.16. The van der Waals surface area contributed by atoms with Gasteiger partial charge in [-0.1, -0.05) is 26.0 Å². The van der Waals surface area contributed by atoms with Gasteiger partial charge in [-0.3, -0.25) is 0 Å². The highest BCUT2D eigenvalue weighted by molar-refractivity contribution is 5.29. The zero-order valence-electron chi connectivity index (χ0n) is 11.9. The topological polar surface area (TPSA) is 30.5 Å². The lowest BCUT2D eigenvalue weighted by molar-refractivity contribution is 0.140. The van der Waals surface area contributed by atoms with E-state index < -0.39 is 0 Å². The van der Waals surface area contributed by atoms with Crippen LogP contribution in [-0.4, -0.2) is 33.4 Å². The lowest BCUT2D eigenvalue weighted by atomic mass is 9.99. The molecular formula is C15H25NO2. The molecule has 1 aromatic carbocycles. The molecule has 0 aromatic heterocycles. The second-order valence-electron chi connectivity index (χ2n) is 4.63. The lowest BCUT2D eigenvalue weighted by Crippen LogP contribution is -2.35. The van der Waals surface area contributed by atoms with Gasteiger partial charge in [0.25, 0.3) is 0 Å². The molecule has 0 saturated carbocycles. The number of rotatable bonds is 8. The van der Waals surface area contributed by atoms with E-state index in [4.69, 9.17) is 9.47 Å². The van der Waals surface area contributed by atoms with Gasteiger partial charge in [0.05, 0.1) is 12.6 Å². The number of hydrogen-bond donors (Lipinski definition) is 1. The molecule has 0 fully saturated rings. The average Bonchev–Trinajstić information content (AvgIpc) is 2.43. The first-order valence-electron chi connectivity index (χ1n) is 6.60. The molecule has 3 nitrogen and oxygen atoms in total. The maximum Gasteiger partial charge on any atom is 0.119 e. The highest BCUT2D eigenvalue weighted by Crippen LogP contribution is 2.21. The molecule has 0 spiro atoms. The highest BCUT2D eigenvalue weighted by Gasteiger charge is 2.07. The summed E-state index contributed by atoms with van der Waals surface area (Å²) >= 11 is 0. The molecule has 0 aliphatic carbocycles. The molecule has 0 aliphatic rings. The third-order valence-electron chi connectivity index (χ3n) is 3.29. The first-order valence-corrected chi connectivity index (χ1v) is 6.60. The van der Waals surface area contributed by atoms with Crippen LogP contribution in [0.5, 0.6) is 5.75 Å². The van der Waals surface area contributed by atoms with E-state index in [1.165, 1.54) is 5.56 Å². The Balaban J connectivity index is 2.48. The summed E-state index contributed by atoms with van der Waals surface area (Å²) in [5, 5.41) is 3.16. The van der Waals surface area contributed by atoms with Gasteiger partial charge in [0, 0.05) is 7.11 Å². The maximum atomic E-state index is 5.74. The normalized spacial score (nSPS) is 14.2. The molecule has 0 aliphatic heterocycles. The minimum absolute atomic E-state index is 0.226. The smallest absolute Gasteiger partial charge is 0.119 e. The van der Waals surface area contributed by atoms with Crippen molar-refractivity contribution < 1.29 is 9.47 Å². The van der Waals surface area contributed by atoms with Crippen LogP contribution in [0.2, 0.25) is 0 Å². The average molecular weight is 251 g/mol. The quantitative estimate of drug-likeness (QED) is 0.770. The van der Waals surface area contributed by atoms with Crippen molar-refractivity contribution in [3.63, 3.8) is 0 Å². The van der Waals surface area contributed by atoms with Crippen molar-refractivity contribution in [2.45, 2.75) is 32.2 Å². The van der Waals surface area contributed by atoms with E-state index >= 15 is 0 Å². The number of hydrogen-bond acceptors (Lipinski definition) is 3. The number of benzene rings is 1. The Morgan fingerprint density at radius 2 is 1.83 bits per heavy atom. The Labute approximate surface area is 110 Å². The van der Waals surface area contributed by atoms with Crippen LogP contribution in [0.15, 0.2) is 24.3 Å². The third kappa shape index (κ3) is 4.67. The minimum atomic E-state index is 0.226. The van der Waals surface area contributed by atoms with Gasteiger partial charge >= 0.3 is 0 Å². The first kappa shape index (κ1) is 15.0. The fourth-order valence-corrected chi connectivity index (χ4v) is 1.74. The molecule has 1 aromatic rings. The third-order valence-corrected chi connectivity index (χ3v) is 3.29. The fourth-order valence-electron chi connectivity index (χ4n) is 1.74. The van der Waals surface area contributed by atoms with Crippen molar-refractivity contribution in [3.05, 3.63) is 29.8 Å². The Hall–Kier alpha value is -1.06. The van der Waals surface area contributed by atoms with Gasteiger partial charge < -0.3 is 14.8 Å². The van der Waals surface area contributed by atoms with E-state index in [0.29, 0.717) is 19.1 Å². The molecule has 0 saturated heterocycles. The Morgan fingerprint density at radius 3 is 2.33 bits per heavy atom. The SMILES string of the molecule is CCC(C)c1ccc(OCC(COC)NC)cc1. The zero-order valence-corrected chi connectivity index (χ0v) is 11.9. The van der Waals surface area contributed by atoms with E-state index in [-0.39, 0.29) is 6.04 Å². The van der Waals surface area contributed by atoms with Crippen LogP contribution >= 0.6 is 0 Å². The summed E-state index contributed by atoms with van der Waals surface area (Å²) in [4.78, 5) is 0. The van der Waals surface area contributed by atoms with Gasteiger partial charge in [0.15, 0.2) is 0 Å². The second-order valence-corrected chi connectivity index (χ2v) is 4.63. The van der Waals surface area contributed by atoms with Crippen LogP contribution in [0.1, 0.15) is 31.7 Å². The molecule has 0 radical (unpaired) electrons. The first-order chi connectivity index (χ1) is 8.71. The molecule has 1 N–H and O–H groups in total. The van der Waals surface area contributed by atoms with Crippen molar-refractivity contribution in [2.24, 2.45) is 0 Å². The molecule has 2 atom stereocenters. The number of likely N-dealkylation sites (N-methyl/N-ethyl adjacent to an activating group) is 1. The van der Waals surface area contributed by atoms with E-state index in [1.807, 2.05) is 19.2 Å². The summed E-state index contributed by atoms with van der Waals surface area (Å²) in [7, 11) is 3.62. The largest absolute Gasteiger partial charge is 0.492 e. The summed E-state index contributed by atoms with van der Waals surface area (Å²) in [5.41, 5.74) is 1.37. The van der Waals surface area contributed by atoms with Gasteiger partial charge in [-0.25, -0.2) is 0 Å². The molecule has 0 amide bonds. The van der Waals surface area contributed by atoms with Crippen molar-refractivity contribution in [1.82, 2.24) is 5.32 Å². The van der Waals surface area contributed by atoms with Crippen LogP contribution in [0, 0.1) is 0 Å². The second kappa shape index (κ2) is 8.11. The van der Waals surface area contributed by atoms with E-state index in [2.05, 4.69) is 31.3 Å². The van der Waals surface area contributed by atoms with E-state index in [9.17, 15) is 0 Å². The molecule has 18 heavy (non-hydrogen) atoms. The van der Waals surface area contributed by atoms with Crippen LogP contribution < -0.4 is 10.1 Å². The Morgan fingerprint density at radius 1 is 1.17 bits per heavy atom. The standard InChI is InChI=1S/C15H25NO2/c1-5-12(2)13-6-8-15(9-7-13)18-11-14(16-3)10-17-4/h6-9,12,14,16H,5,10-11H2,1-4H3. The summed E-state index contributed by atoms with van der Waals surface area (Å²) in [5.74, 6) is 1.52. The molecule has 0 heterocycles. The summed E-state index contributed by atoms with van der Waals surface area (Å²) in [6.45, 7) is 5.72. The molecule has 102 valence electrons. The Bertz CT molecular complexity index is 324. The highest BCUT2D eigenvalue weighted by atomic mass is 16.5. The predicted octanol–water partition coefficient (Wildman–Crippen LogP) is 2.81. The summed E-state index contributed by atoms with van der Waals surface area (Å²) in [6.07, 6.45) is 1.16. The number of ether oxygens (including phenoxy) is 2. The maximum absolute atomic E-state index is 5.74. The Kier molecular flexibility index (Phi) is 6.76. The van der Waals surface area contributed by atoms with Crippen molar-refractivity contribution in [2.75, 3.05) is 27.4 Å². The van der Waals surface area contributed by atoms with Crippen LogP contribution in [-0.2, 0) is 4.74 Å². The summed E-state index contributed by atoms with van der Waals surface area (Å²) in [6, 6.07) is 8.61. The van der Waals surface area contributed by atoms with Gasteiger partial charge in [0.1, 0.15) is 12.4 Å². The van der Waals surface area contributed by atoms with Crippen molar-refractivity contribution in [3.8, 4) is 5.75 Å². The van der Waals surface area contributed by atoms with Crippen LogP contribution in [0.25, 0.3) is 0 Å². The van der Waals surface area contributed by atoms with E-state index in [0.717, 1.165) is 12.2 Å². The zero-order chi connectivity index (χ0) is 13.4. The van der Waals surface area contributed by atoms with Gasteiger partial charge in [0.2, 0.25) is 0 Å². The van der Waals surface area contributed by atoms with E-state index in [1.54, 1.807) is 7.11 Å². The van der Waals surface area contributed by atoms with Gasteiger partial charge in [-0.05, 0) is 37.1 Å². The van der Waals surface area contributed by atoms with Crippen LogP contribution in [0.4, 0.5) is 0 Å². The molecule has 3 heteroatoms. The minimum Gasteiger partial charge on any atom is -0.492 e. The van der Waals surface area contributed by atoms with Crippen LogP contribution in [0.3, 0.4) is 0 Å². The number of methoxy groups -OCH3 is 1. The van der Waals surface area contributed by atoms with Gasteiger partial charge in [-0.15, -0.1) is 0 Å². The summed E-state index contributed by atoms with van der Waals surface area (Å²) < 4.78 is 10.8. The van der Waals surface area contributed by atoms with Gasteiger partial charge in [-0.2, -0.15) is 0 Å². The monoisotopic (exact) mass is 251 g/mol. The number of nitrogens with one attached hydrogen (secondary N) is 1.